The van der Waals surface area contributed by atoms with Crippen molar-refractivity contribution in [2.45, 2.75) is 25.8 Å². The third-order valence-corrected chi connectivity index (χ3v) is 4.22. The van der Waals surface area contributed by atoms with E-state index in [1.165, 1.54) is 17.0 Å². The largest absolute Gasteiger partial charge is 0.316 e. The summed E-state index contributed by atoms with van der Waals surface area (Å²) in [6.07, 6.45) is 1.98. The van der Waals surface area contributed by atoms with Gasteiger partial charge in [0.05, 0.1) is 12.0 Å². The molecule has 0 bridgehead atoms. The van der Waals surface area contributed by atoms with Crippen molar-refractivity contribution in [1.29, 1.82) is 0 Å². The van der Waals surface area contributed by atoms with E-state index in [2.05, 4.69) is 5.32 Å². The number of piperidine rings is 1. The first-order valence-corrected chi connectivity index (χ1v) is 6.91. The van der Waals surface area contributed by atoms with Crippen LogP contribution in [0.3, 0.4) is 0 Å². The van der Waals surface area contributed by atoms with Crippen LogP contribution in [0.25, 0.3) is 0 Å². The number of carbonyl (C=O) groups is 2. The van der Waals surface area contributed by atoms with E-state index in [0.29, 0.717) is 13.0 Å². The highest BCUT2D eigenvalue weighted by atomic mass is 35.5. The second-order valence-electron chi connectivity index (χ2n) is 5.65. The number of likely N-dealkylation sites (tertiary alicyclic amines) is 1. The smallest absolute Gasteiger partial charge is 0.237 e. The average molecular weight is 313 g/mol. The van der Waals surface area contributed by atoms with Gasteiger partial charge in [0.2, 0.25) is 11.8 Å². The highest BCUT2D eigenvalue weighted by Gasteiger charge is 2.51. The van der Waals surface area contributed by atoms with Gasteiger partial charge in [0.15, 0.2) is 0 Å². The van der Waals surface area contributed by atoms with Gasteiger partial charge in [-0.15, -0.1) is 12.4 Å². The van der Waals surface area contributed by atoms with Gasteiger partial charge in [0, 0.05) is 13.0 Å². The van der Waals surface area contributed by atoms with Gasteiger partial charge in [-0.3, -0.25) is 14.5 Å². The molecular weight excluding hydrogens is 295 g/mol. The molecule has 3 rings (SSSR count). The van der Waals surface area contributed by atoms with Gasteiger partial charge >= 0.3 is 0 Å². The number of hydrogen-bond acceptors (Lipinski definition) is 3. The fraction of sp³-hybridized carbons (Fsp3) is 0.467. The van der Waals surface area contributed by atoms with Crippen molar-refractivity contribution in [1.82, 2.24) is 10.2 Å². The molecule has 1 aromatic rings. The second kappa shape index (κ2) is 6.12. The van der Waals surface area contributed by atoms with E-state index in [4.69, 9.17) is 0 Å². The molecule has 2 aliphatic heterocycles. The Bertz CT molecular complexity index is 541. The van der Waals surface area contributed by atoms with Crippen LogP contribution in [-0.2, 0) is 16.1 Å². The molecule has 114 valence electrons. The molecular formula is C15H18ClFN2O2. The zero-order valence-corrected chi connectivity index (χ0v) is 12.4. The highest BCUT2D eigenvalue weighted by Crippen LogP contribution is 2.39. The molecule has 4 nitrogen and oxygen atoms in total. The molecule has 1 spiro atoms. The first-order chi connectivity index (χ1) is 9.61. The van der Waals surface area contributed by atoms with Crippen LogP contribution >= 0.6 is 12.4 Å². The maximum atomic E-state index is 12.9. The fourth-order valence-electron chi connectivity index (χ4n) is 3.09. The summed E-state index contributed by atoms with van der Waals surface area (Å²) in [4.78, 5) is 26.0. The summed E-state index contributed by atoms with van der Waals surface area (Å²) in [6, 6.07) is 5.91. The standard InChI is InChI=1S/C15H17FN2O2.ClH/c16-12-4-2-11(3-5-12)9-18-13(19)8-15(14(18)20)6-1-7-17-10-15;/h2-5,17H,1,6-10H2;1H. The van der Waals surface area contributed by atoms with Crippen molar-refractivity contribution in [2.24, 2.45) is 5.41 Å². The van der Waals surface area contributed by atoms with Crippen LogP contribution in [0.15, 0.2) is 24.3 Å². The predicted octanol–water partition coefficient (Wildman–Crippen LogP) is 1.88. The quantitative estimate of drug-likeness (QED) is 0.848. The summed E-state index contributed by atoms with van der Waals surface area (Å²) in [7, 11) is 0. The van der Waals surface area contributed by atoms with Gasteiger partial charge in [-0.1, -0.05) is 12.1 Å². The zero-order valence-electron chi connectivity index (χ0n) is 11.6. The number of halogens is 2. The fourth-order valence-corrected chi connectivity index (χ4v) is 3.09. The summed E-state index contributed by atoms with van der Waals surface area (Å²) in [5.41, 5.74) is 0.226. The Morgan fingerprint density at radius 2 is 1.95 bits per heavy atom. The summed E-state index contributed by atoms with van der Waals surface area (Å²) in [5, 5.41) is 3.21. The van der Waals surface area contributed by atoms with E-state index in [0.717, 1.165) is 24.9 Å². The molecule has 2 heterocycles. The summed E-state index contributed by atoms with van der Waals surface area (Å²) < 4.78 is 12.9. The van der Waals surface area contributed by atoms with Gasteiger partial charge in [-0.2, -0.15) is 0 Å². The second-order valence-corrected chi connectivity index (χ2v) is 5.65. The van der Waals surface area contributed by atoms with Crippen molar-refractivity contribution >= 4 is 24.2 Å². The molecule has 21 heavy (non-hydrogen) atoms. The molecule has 0 aromatic heterocycles. The average Bonchev–Trinajstić information content (AvgIpc) is 2.67. The van der Waals surface area contributed by atoms with Gasteiger partial charge in [0.25, 0.3) is 0 Å². The molecule has 1 N–H and O–H groups in total. The Morgan fingerprint density at radius 1 is 1.24 bits per heavy atom. The lowest BCUT2D eigenvalue weighted by Crippen LogP contribution is -2.45. The lowest BCUT2D eigenvalue weighted by atomic mass is 9.79. The number of hydrogen-bond donors (Lipinski definition) is 1. The van der Waals surface area contributed by atoms with Crippen LogP contribution in [0.4, 0.5) is 4.39 Å². The van der Waals surface area contributed by atoms with E-state index in [9.17, 15) is 14.0 Å². The molecule has 2 fully saturated rings. The van der Waals surface area contributed by atoms with Crippen molar-refractivity contribution in [3.05, 3.63) is 35.6 Å². The Kier molecular flexibility index (Phi) is 4.64. The maximum Gasteiger partial charge on any atom is 0.237 e. The lowest BCUT2D eigenvalue weighted by molar-refractivity contribution is -0.142. The lowest BCUT2D eigenvalue weighted by Gasteiger charge is -2.31. The Labute approximate surface area is 129 Å². The van der Waals surface area contributed by atoms with Crippen molar-refractivity contribution in [2.75, 3.05) is 13.1 Å². The zero-order chi connectivity index (χ0) is 14.2. The molecule has 0 saturated carbocycles. The summed E-state index contributed by atoms with van der Waals surface area (Å²) >= 11 is 0. The minimum atomic E-state index is -0.546. The number of nitrogens with zero attached hydrogens (tertiary/aromatic N) is 1. The number of carbonyl (C=O) groups excluding carboxylic acids is 2. The van der Waals surface area contributed by atoms with Crippen LogP contribution in [0.1, 0.15) is 24.8 Å². The molecule has 0 aliphatic carbocycles. The highest BCUT2D eigenvalue weighted by molar-refractivity contribution is 6.06. The Morgan fingerprint density at radius 3 is 2.57 bits per heavy atom. The molecule has 0 radical (unpaired) electrons. The van der Waals surface area contributed by atoms with Crippen molar-refractivity contribution < 1.29 is 14.0 Å². The van der Waals surface area contributed by atoms with Gasteiger partial charge in [-0.25, -0.2) is 4.39 Å². The van der Waals surface area contributed by atoms with Gasteiger partial charge in [-0.05, 0) is 37.1 Å². The normalized spacial score (nSPS) is 25.3. The molecule has 6 heteroatoms. The molecule has 1 atom stereocenters. The van der Waals surface area contributed by atoms with Gasteiger partial charge < -0.3 is 5.32 Å². The summed E-state index contributed by atoms with van der Waals surface area (Å²) in [5.74, 6) is -0.525. The number of nitrogens with one attached hydrogen (secondary N) is 1. The Hall–Kier alpha value is -1.46. The third-order valence-electron chi connectivity index (χ3n) is 4.22. The van der Waals surface area contributed by atoms with E-state index in [1.54, 1.807) is 12.1 Å². The number of amides is 2. The number of benzene rings is 1. The van der Waals surface area contributed by atoms with Crippen molar-refractivity contribution in [3.8, 4) is 0 Å². The summed E-state index contributed by atoms with van der Waals surface area (Å²) in [6.45, 7) is 1.72. The monoisotopic (exact) mass is 312 g/mol. The number of rotatable bonds is 2. The van der Waals surface area contributed by atoms with Crippen LogP contribution < -0.4 is 5.32 Å². The molecule has 2 aliphatic rings. The van der Waals surface area contributed by atoms with E-state index in [-0.39, 0.29) is 36.6 Å². The van der Waals surface area contributed by atoms with Gasteiger partial charge in [0.1, 0.15) is 5.82 Å². The first-order valence-electron chi connectivity index (χ1n) is 6.91. The third kappa shape index (κ3) is 2.94. The first kappa shape index (κ1) is 15.9. The molecule has 2 saturated heterocycles. The van der Waals surface area contributed by atoms with Crippen LogP contribution in [0.2, 0.25) is 0 Å². The number of imide groups is 1. The topological polar surface area (TPSA) is 49.4 Å². The van der Waals surface area contributed by atoms with Crippen LogP contribution in [0, 0.1) is 11.2 Å². The van der Waals surface area contributed by atoms with E-state index < -0.39 is 5.41 Å². The van der Waals surface area contributed by atoms with Crippen molar-refractivity contribution in [3.63, 3.8) is 0 Å². The van der Waals surface area contributed by atoms with E-state index >= 15 is 0 Å². The Balaban J connectivity index is 0.00000161. The molecule has 2 amide bonds. The van der Waals surface area contributed by atoms with E-state index in [1.807, 2.05) is 0 Å². The van der Waals surface area contributed by atoms with Crippen LogP contribution in [-0.4, -0.2) is 29.8 Å². The minimum absolute atomic E-state index is 0. The molecule has 1 aromatic carbocycles. The van der Waals surface area contributed by atoms with Crippen LogP contribution in [0.5, 0.6) is 0 Å². The molecule has 1 unspecified atom stereocenters. The SMILES string of the molecule is Cl.O=C1CC2(CCCNC2)C(=O)N1Cc1ccc(F)cc1. The minimum Gasteiger partial charge on any atom is -0.316 e. The predicted molar refractivity (Wildman–Crippen MR) is 78.4 cm³/mol. The maximum absolute atomic E-state index is 12.9.